The first-order valence-electron chi connectivity index (χ1n) is 10.4. The number of nitrogens with zero attached hydrogens (tertiary/aromatic N) is 1. The van der Waals surface area contributed by atoms with Crippen molar-refractivity contribution < 1.29 is 28.4 Å². The summed E-state index contributed by atoms with van der Waals surface area (Å²) in [6.07, 6.45) is 3.21. The quantitative estimate of drug-likeness (QED) is 0.140. The van der Waals surface area contributed by atoms with E-state index in [1.807, 2.05) is 50.2 Å². The van der Waals surface area contributed by atoms with Crippen LogP contribution < -0.4 is 10.6 Å². The molecule has 0 saturated carbocycles. The monoisotopic (exact) mass is 544 g/mol. The largest absolute Gasteiger partial charge is 0.471 e. The second-order valence-electron chi connectivity index (χ2n) is 7.35. The molecule has 0 bridgehead atoms. The average molecular weight is 545 g/mol. The molecule has 0 saturated heterocycles. The van der Waals surface area contributed by atoms with Gasteiger partial charge in [-0.3, -0.25) is 9.32 Å². The van der Waals surface area contributed by atoms with Crippen LogP contribution in [0.3, 0.4) is 0 Å². The van der Waals surface area contributed by atoms with Crippen LogP contribution in [0, 0.1) is 0 Å². The van der Waals surface area contributed by atoms with E-state index in [4.69, 9.17) is 37.7 Å². The van der Waals surface area contributed by atoms with Gasteiger partial charge in [0.25, 0.3) is 5.91 Å². The van der Waals surface area contributed by atoms with E-state index in [0.29, 0.717) is 16.5 Å². The molecule has 1 aromatic carbocycles. The molecular formula is C22H27Cl2N4O6P. The standard InChI is InChI=1S/C16H22ClN4O6P.C6H5Cl/c1-10(2)21-15-6-12(13(17)8-20-15)11-5-14(19-7-11)16(22)18-3-4-26-9-27-28(23,24)25;7-6-4-2-1-3-5-6/h5-8,10,19H,3-4,9H2,1-2H3,(H,18,22)(H,20,21)(H2,23,24,25);1-5H. The van der Waals surface area contributed by atoms with E-state index in [1.165, 1.54) is 0 Å². The van der Waals surface area contributed by atoms with Crippen LogP contribution in [0.4, 0.5) is 5.82 Å². The van der Waals surface area contributed by atoms with E-state index in [-0.39, 0.29) is 25.1 Å². The molecule has 10 nitrogen and oxygen atoms in total. The van der Waals surface area contributed by atoms with Crippen molar-refractivity contribution in [2.45, 2.75) is 19.9 Å². The predicted octanol–water partition coefficient (Wildman–Crippen LogP) is 4.70. The molecule has 1 amide bonds. The highest BCUT2D eigenvalue weighted by Crippen LogP contribution is 2.35. The maximum atomic E-state index is 12.2. The van der Waals surface area contributed by atoms with Gasteiger partial charge >= 0.3 is 7.82 Å². The SMILES string of the molecule is CC(C)Nc1cc(-c2c[nH]c(C(=O)NCCOCOP(=O)(O)O)c2)c(Cl)cn1.Clc1ccccc1. The number of anilines is 1. The number of amides is 1. The Morgan fingerprint density at radius 1 is 1.20 bits per heavy atom. The lowest BCUT2D eigenvalue weighted by Crippen LogP contribution is -2.27. The highest BCUT2D eigenvalue weighted by Gasteiger charge is 2.14. The molecule has 5 N–H and O–H groups in total. The summed E-state index contributed by atoms with van der Waals surface area (Å²) in [4.78, 5) is 36.3. The van der Waals surface area contributed by atoms with Gasteiger partial charge in [-0.25, -0.2) is 9.55 Å². The molecule has 2 aromatic heterocycles. The molecular weight excluding hydrogens is 518 g/mol. The van der Waals surface area contributed by atoms with E-state index in [9.17, 15) is 9.36 Å². The van der Waals surface area contributed by atoms with Crippen molar-refractivity contribution in [3.8, 4) is 11.1 Å². The van der Waals surface area contributed by atoms with Crippen molar-refractivity contribution in [2.24, 2.45) is 0 Å². The van der Waals surface area contributed by atoms with Gasteiger partial charge in [0.05, 0.1) is 11.6 Å². The van der Waals surface area contributed by atoms with Crippen molar-refractivity contribution in [1.82, 2.24) is 15.3 Å². The lowest BCUT2D eigenvalue weighted by Gasteiger charge is -2.10. The molecule has 3 aromatic rings. The van der Waals surface area contributed by atoms with E-state index < -0.39 is 14.6 Å². The van der Waals surface area contributed by atoms with Gasteiger partial charge in [-0.1, -0.05) is 41.4 Å². The van der Waals surface area contributed by atoms with Gasteiger partial charge in [0.15, 0.2) is 6.79 Å². The lowest BCUT2D eigenvalue weighted by molar-refractivity contribution is -0.000106. The van der Waals surface area contributed by atoms with E-state index in [0.717, 1.165) is 16.1 Å². The van der Waals surface area contributed by atoms with Crippen LogP contribution in [0.25, 0.3) is 11.1 Å². The van der Waals surface area contributed by atoms with Gasteiger partial charge in [0.2, 0.25) is 0 Å². The van der Waals surface area contributed by atoms with Crippen molar-refractivity contribution in [3.63, 3.8) is 0 Å². The Balaban J connectivity index is 0.000000527. The maximum absolute atomic E-state index is 12.2. The Kier molecular flexibility index (Phi) is 11.7. The summed E-state index contributed by atoms with van der Waals surface area (Å²) in [5, 5.41) is 7.06. The number of rotatable bonds is 10. The molecule has 13 heteroatoms. The molecule has 190 valence electrons. The van der Waals surface area contributed by atoms with Crippen LogP contribution in [-0.4, -0.2) is 51.6 Å². The van der Waals surface area contributed by atoms with E-state index in [2.05, 4.69) is 25.1 Å². The Bertz CT molecular complexity index is 1120. The second-order valence-corrected chi connectivity index (χ2v) is 9.43. The fourth-order valence-electron chi connectivity index (χ4n) is 2.63. The molecule has 0 fully saturated rings. The number of aromatic amines is 1. The number of H-pyrrole nitrogens is 1. The van der Waals surface area contributed by atoms with Crippen LogP contribution in [-0.2, 0) is 13.8 Å². The van der Waals surface area contributed by atoms with Crippen molar-refractivity contribution in [2.75, 3.05) is 25.3 Å². The number of pyridine rings is 1. The molecule has 0 spiro atoms. The summed E-state index contributed by atoms with van der Waals surface area (Å²) in [7, 11) is -4.56. The van der Waals surface area contributed by atoms with E-state index in [1.54, 1.807) is 18.5 Å². The minimum Gasteiger partial charge on any atom is -0.368 e. The molecule has 0 unspecified atom stereocenters. The molecule has 0 aliphatic heterocycles. The minimum atomic E-state index is -4.56. The summed E-state index contributed by atoms with van der Waals surface area (Å²) >= 11 is 11.8. The van der Waals surface area contributed by atoms with Crippen molar-refractivity contribution in [1.29, 1.82) is 0 Å². The molecule has 3 rings (SSSR count). The molecule has 0 radical (unpaired) electrons. The average Bonchev–Trinajstić information content (AvgIpc) is 3.27. The maximum Gasteiger partial charge on any atom is 0.471 e. The number of aromatic nitrogens is 2. The molecule has 2 heterocycles. The number of halogens is 2. The Hall–Kier alpha value is -2.43. The van der Waals surface area contributed by atoms with Gasteiger partial charge in [-0.15, -0.1) is 0 Å². The summed E-state index contributed by atoms with van der Waals surface area (Å²) in [6, 6.07) is 13.1. The number of hydrogen-bond acceptors (Lipinski definition) is 6. The molecule has 0 aliphatic carbocycles. The Labute approximate surface area is 213 Å². The second kappa shape index (κ2) is 14.2. The summed E-state index contributed by atoms with van der Waals surface area (Å²) in [5.74, 6) is 0.313. The summed E-state index contributed by atoms with van der Waals surface area (Å²) in [6.45, 7) is 3.59. The topological polar surface area (TPSA) is 146 Å². The Morgan fingerprint density at radius 3 is 2.51 bits per heavy atom. The van der Waals surface area contributed by atoms with E-state index >= 15 is 0 Å². The minimum absolute atomic E-state index is 0.0275. The third-order valence-electron chi connectivity index (χ3n) is 4.10. The highest BCUT2D eigenvalue weighted by atomic mass is 35.5. The zero-order chi connectivity index (χ0) is 25.8. The zero-order valence-corrected chi connectivity index (χ0v) is 21.5. The Morgan fingerprint density at radius 2 is 1.91 bits per heavy atom. The van der Waals surface area contributed by atoms with Crippen molar-refractivity contribution >= 4 is 42.7 Å². The van der Waals surface area contributed by atoms with Gasteiger partial charge < -0.3 is 30.1 Å². The third-order valence-corrected chi connectivity index (χ3v) is 5.09. The number of phosphoric acid groups is 1. The highest BCUT2D eigenvalue weighted by molar-refractivity contribution is 7.46. The smallest absolute Gasteiger partial charge is 0.368 e. The fourth-order valence-corrected chi connectivity index (χ4v) is 3.20. The first-order chi connectivity index (χ1) is 16.5. The number of hydrogen-bond donors (Lipinski definition) is 5. The summed E-state index contributed by atoms with van der Waals surface area (Å²) < 4.78 is 19.5. The van der Waals surface area contributed by atoms with Gasteiger partial charge in [-0.05, 0) is 38.1 Å². The van der Waals surface area contributed by atoms with Crippen molar-refractivity contribution in [3.05, 3.63) is 70.6 Å². The summed E-state index contributed by atoms with van der Waals surface area (Å²) in [5.41, 5.74) is 1.79. The fraction of sp³-hybridized carbons (Fsp3) is 0.273. The van der Waals surface area contributed by atoms with Crippen LogP contribution >= 0.6 is 31.0 Å². The van der Waals surface area contributed by atoms with Gasteiger partial charge in [-0.2, -0.15) is 0 Å². The normalized spacial score (nSPS) is 11.1. The number of carbonyl (C=O) groups is 1. The van der Waals surface area contributed by atoms with Crippen LogP contribution in [0.5, 0.6) is 0 Å². The number of nitrogens with one attached hydrogen (secondary N) is 3. The number of phosphoric ester groups is 1. The van der Waals surface area contributed by atoms with Crippen LogP contribution in [0.1, 0.15) is 24.3 Å². The third kappa shape index (κ3) is 11.2. The number of carbonyl (C=O) groups excluding carboxylic acids is 1. The first-order valence-corrected chi connectivity index (χ1v) is 12.7. The van der Waals surface area contributed by atoms with Crippen LogP contribution in [0.15, 0.2) is 54.9 Å². The zero-order valence-electron chi connectivity index (χ0n) is 19.1. The van der Waals surface area contributed by atoms with Gasteiger partial charge in [0, 0.05) is 41.1 Å². The first kappa shape index (κ1) is 28.8. The van der Waals surface area contributed by atoms with Crippen LogP contribution in [0.2, 0.25) is 10.0 Å². The predicted molar refractivity (Wildman–Crippen MR) is 136 cm³/mol. The molecule has 0 aliphatic rings. The molecule has 35 heavy (non-hydrogen) atoms. The lowest BCUT2D eigenvalue weighted by atomic mass is 10.1. The number of ether oxygens (including phenoxy) is 1. The molecule has 0 atom stereocenters. The van der Waals surface area contributed by atoms with Gasteiger partial charge in [0.1, 0.15) is 11.5 Å². The number of benzene rings is 1.